The zero-order valence-corrected chi connectivity index (χ0v) is 16.7. The van der Waals surface area contributed by atoms with E-state index in [1.807, 2.05) is 80.7 Å². The summed E-state index contributed by atoms with van der Waals surface area (Å²) in [4.78, 5) is 25.0. The van der Waals surface area contributed by atoms with Crippen molar-refractivity contribution >= 4 is 11.8 Å². The molecule has 6 nitrogen and oxygen atoms in total. The molecule has 0 bridgehead atoms. The molecule has 0 saturated heterocycles. The van der Waals surface area contributed by atoms with Crippen LogP contribution in [-0.2, 0) is 22.6 Å². The molecule has 29 heavy (non-hydrogen) atoms. The van der Waals surface area contributed by atoms with Gasteiger partial charge in [-0.3, -0.25) is 9.59 Å². The predicted molar refractivity (Wildman–Crippen MR) is 112 cm³/mol. The fraction of sp³-hybridized carbons (Fsp3) is 0.261. The molecule has 0 aliphatic heterocycles. The zero-order valence-electron chi connectivity index (χ0n) is 16.7. The van der Waals surface area contributed by atoms with Gasteiger partial charge in [0.25, 0.3) is 0 Å². The molecule has 1 unspecified atom stereocenters. The summed E-state index contributed by atoms with van der Waals surface area (Å²) >= 11 is 0. The van der Waals surface area contributed by atoms with Crippen molar-refractivity contribution in [2.45, 2.75) is 32.9 Å². The fourth-order valence-corrected chi connectivity index (χ4v) is 3.01. The summed E-state index contributed by atoms with van der Waals surface area (Å²) in [6, 6.07) is 18.7. The quantitative estimate of drug-likeness (QED) is 0.621. The molecule has 2 N–H and O–H groups in total. The minimum atomic E-state index is -0.588. The summed E-state index contributed by atoms with van der Waals surface area (Å²) in [6.07, 6.45) is 3.86. The lowest BCUT2D eigenvalue weighted by Gasteiger charge is -2.21. The van der Waals surface area contributed by atoms with Crippen molar-refractivity contribution in [3.63, 3.8) is 0 Å². The first-order chi connectivity index (χ1) is 14.0. The number of nitrogens with one attached hydrogen (secondary N) is 2. The Hall–Kier alpha value is -3.41. The van der Waals surface area contributed by atoms with Gasteiger partial charge >= 0.3 is 0 Å². The first kappa shape index (κ1) is 20.3. The molecule has 3 aromatic rings. The van der Waals surface area contributed by atoms with Crippen LogP contribution >= 0.6 is 0 Å². The standard InChI is InChI=1S/C23H26N4O2/c1-17(2)22(26-21(28)13-18-9-5-3-6-10-18)23(29)24-14-19-15-25-27(16-19)20-11-7-4-8-12-20/h3-12,15-17,22H,13-14H2,1-2H3,(H,24,29)(H,26,28). The highest BCUT2D eigenvalue weighted by molar-refractivity contribution is 5.88. The molecule has 0 fully saturated rings. The van der Waals surface area contributed by atoms with E-state index in [9.17, 15) is 9.59 Å². The molecule has 2 aromatic carbocycles. The number of rotatable bonds is 8. The summed E-state index contributed by atoms with van der Waals surface area (Å²) < 4.78 is 1.77. The minimum Gasteiger partial charge on any atom is -0.350 e. The van der Waals surface area contributed by atoms with E-state index in [0.717, 1.165) is 16.8 Å². The Morgan fingerprint density at radius 1 is 0.966 bits per heavy atom. The van der Waals surface area contributed by atoms with Crippen molar-refractivity contribution in [3.05, 3.63) is 84.2 Å². The third-order valence-electron chi connectivity index (χ3n) is 4.60. The minimum absolute atomic E-state index is 0.0261. The van der Waals surface area contributed by atoms with Gasteiger partial charge < -0.3 is 10.6 Å². The first-order valence-electron chi connectivity index (χ1n) is 9.73. The Labute approximate surface area is 170 Å². The molecule has 0 spiro atoms. The second-order valence-electron chi connectivity index (χ2n) is 7.30. The SMILES string of the molecule is CC(C)C(NC(=O)Cc1ccccc1)C(=O)NCc1cnn(-c2ccccc2)c1. The number of carbonyl (C=O) groups is 2. The van der Waals surface area contributed by atoms with E-state index in [-0.39, 0.29) is 24.2 Å². The van der Waals surface area contributed by atoms with E-state index < -0.39 is 6.04 Å². The average molecular weight is 390 g/mol. The van der Waals surface area contributed by atoms with Crippen molar-refractivity contribution in [3.8, 4) is 5.69 Å². The summed E-state index contributed by atoms with van der Waals surface area (Å²) in [5, 5.41) is 10.1. The molecule has 1 atom stereocenters. The number of aromatic nitrogens is 2. The van der Waals surface area contributed by atoms with Crippen LogP contribution in [0, 0.1) is 5.92 Å². The Balaban J connectivity index is 1.56. The van der Waals surface area contributed by atoms with Crippen LogP contribution in [0.5, 0.6) is 0 Å². The van der Waals surface area contributed by atoms with E-state index >= 15 is 0 Å². The number of benzene rings is 2. The Bertz CT molecular complexity index is 936. The number of hydrogen-bond acceptors (Lipinski definition) is 3. The molecule has 0 aliphatic carbocycles. The van der Waals surface area contributed by atoms with Crippen molar-refractivity contribution in [2.24, 2.45) is 5.92 Å². The molecule has 3 rings (SSSR count). The smallest absolute Gasteiger partial charge is 0.243 e. The van der Waals surface area contributed by atoms with Crippen LogP contribution in [0.1, 0.15) is 25.0 Å². The van der Waals surface area contributed by atoms with Crippen LogP contribution in [0.4, 0.5) is 0 Å². The first-order valence-corrected chi connectivity index (χ1v) is 9.73. The largest absolute Gasteiger partial charge is 0.350 e. The summed E-state index contributed by atoms with van der Waals surface area (Å²) in [7, 11) is 0. The van der Waals surface area contributed by atoms with Gasteiger partial charge in [-0.15, -0.1) is 0 Å². The summed E-state index contributed by atoms with van der Waals surface area (Å²) in [5.74, 6) is -0.391. The maximum Gasteiger partial charge on any atom is 0.243 e. The number of hydrogen-bond donors (Lipinski definition) is 2. The van der Waals surface area contributed by atoms with Crippen molar-refractivity contribution < 1.29 is 9.59 Å². The van der Waals surface area contributed by atoms with Crippen LogP contribution in [0.3, 0.4) is 0 Å². The Kier molecular flexibility index (Phi) is 6.79. The predicted octanol–water partition coefficient (Wildman–Crippen LogP) is 2.87. The lowest BCUT2D eigenvalue weighted by Crippen LogP contribution is -2.49. The number of amides is 2. The van der Waals surface area contributed by atoms with Gasteiger partial charge in [0.1, 0.15) is 6.04 Å². The fourth-order valence-electron chi connectivity index (χ4n) is 3.01. The highest BCUT2D eigenvalue weighted by atomic mass is 16.2. The second kappa shape index (κ2) is 9.68. The Morgan fingerprint density at radius 2 is 1.62 bits per heavy atom. The van der Waals surface area contributed by atoms with Gasteiger partial charge in [0.15, 0.2) is 0 Å². The maximum absolute atomic E-state index is 12.7. The number of para-hydroxylation sites is 1. The van der Waals surface area contributed by atoms with E-state index in [0.29, 0.717) is 6.54 Å². The molecule has 0 aliphatic rings. The van der Waals surface area contributed by atoms with E-state index in [1.165, 1.54) is 0 Å². The third kappa shape index (κ3) is 5.78. The van der Waals surface area contributed by atoms with E-state index in [1.54, 1.807) is 10.9 Å². The van der Waals surface area contributed by atoms with Crippen LogP contribution < -0.4 is 10.6 Å². The molecule has 2 amide bonds. The lowest BCUT2D eigenvalue weighted by atomic mass is 10.0. The van der Waals surface area contributed by atoms with Crippen LogP contribution in [0.15, 0.2) is 73.1 Å². The summed E-state index contributed by atoms with van der Waals surface area (Å²) in [6.45, 7) is 4.18. The topological polar surface area (TPSA) is 76.0 Å². The second-order valence-corrected chi connectivity index (χ2v) is 7.30. The maximum atomic E-state index is 12.7. The van der Waals surface area contributed by atoms with Gasteiger partial charge in [-0.25, -0.2) is 4.68 Å². The molecular formula is C23H26N4O2. The number of nitrogens with zero attached hydrogens (tertiary/aromatic N) is 2. The lowest BCUT2D eigenvalue weighted by molar-refractivity contribution is -0.129. The highest BCUT2D eigenvalue weighted by Gasteiger charge is 2.24. The van der Waals surface area contributed by atoms with Crippen LogP contribution in [0.25, 0.3) is 5.69 Å². The van der Waals surface area contributed by atoms with Gasteiger partial charge in [-0.2, -0.15) is 5.10 Å². The molecule has 1 heterocycles. The van der Waals surface area contributed by atoms with Gasteiger partial charge in [0, 0.05) is 18.3 Å². The molecular weight excluding hydrogens is 364 g/mol. The molecule has 1 aromatic heterocycles. The van der Waals surface area contributed by atoms with E-state index in [2.05, 4.69) is 15.7 Å². The molecule has 0 radical (unpaired) electrons. The molecule has 0 saturated carbocycles. The number of carbonyl (C=O) groups excluding carboxylic acids is 2. The van der Waals surface area contributed by atoms with Crippen molar-refractivity contribution in [1.82, 2.24) is 20.4 Å². The Morgan fingerprint density at radius 3 is 2.28 bits per heavy atom. The molecule has 150 valence electrons. The molecule has 6 heteroatoms. The average Bonchev–Trinajstić information content (AvgIpc) is 3.20. The van der Waals surface area contributed by atoms with Crippen molar-refractivity contribution in [1.29, 1.82) is 0 Å². The van der Waals surface area contributed by atoms with Gasteiger partial charge in [-0.05, 0) is 23.6 Å². The normalized spacial score (nSPS) is 11.8. The van der Waals surface area contributed by atoms with Gasteiger partial charge in [0.05, 0.1) is 18.3 Å². The van der Waals surface area contributed by atoms with Crippen LogP contribution in [0.2, 0.25) is 0 Å². The van der Waals surface area contributed by atoms with Gasteiger partial charge in [0.2, 0.25) is 11.8 Å². The third-order valence-corrected chi connectivity index (χ3v) is 4.60. The van der Waals surface area contributed by atoms with Crippen molar-refractivity contribution in [2.75, 3.05) is 0 Å². The van der Waals surface area contributed by atoms with Crippen LogP contribution in [-0.4, -0.2) is 27.6 Å². The summed E-state index contributed by atoms with van der Waals surface area (Å²) in [5.41, 5.74) is 2.76. The monoisotopic (exact) mass is 390 g/mol. The van der Waals surface area contributed by atoms with E-state index in [4.69, 9.17) is 0 Å². The highest BCUT2D eigenvalue weighted by Crippen LogP contribution is 2.09. The zero-order chi connectivity index (χ0) is 20.6. The van der Waals surface area contributed by atoms with Gasteiger partial charge in [-0.1, -0.05) is 62.4 Å².